The second-order valence-corrected chi connectivity index (χ2v) is 5.59. The van der Waals surface area contributed by atoms with Crippen molar-refractivity contribution in [3.63, 3.8) is 0 Å². The molecule has 1 heterocycles. The van der Waals surface area contributed by atoms with Crippen molar-refractivity contribution < 1.29 is 4.39 Å². The maximum atomic E-state index is 13.0. The van der Waals surface area contributed by atoms with E-state index in [9.17, 15) is 4.39 Å². The molecule has 0 saturated heterocycles. The standard InChI is InChI=1S/C16H14FN3S/c1-20-15(13-7-9-14(17)10-8-13)18-19-16(20)21-11-12-5-3-2-4-6-12/h2-10H,11H2,1H3. The van der Waals surface area contributed by atoms with Gasteiger partial charge in [0.1, 0.15) is 5.82 Å². The number of benzene rings is 2. The number of hydrogen-bond acceptors (Lipinski definition) is 3. The van der Waals surface area contributed by atoms with E-state index in [1.165, 1.54) is 17.7 Å². The lowest BCUT2D eigenvalue weighted by Crippen LogP contribution is -1.95. The first-order chi connectivity index (χ1) is 10.2. The predicted molar refractivity (Wildman–Crippen MR) is 82.4 cm³/mol. The van der Waals surface area contributed by atoms with E-state index >= 15 is 0 Å². The van der Waals surface area contributed by atoms with Crippen LogP contribution >= 0.6 is 11.8 Å². The van der Waals surface area contributed by atoms with Gasteiger partial charge in [-0.15, -0.1) is 10.2 Å². The molecule has 0 radical (unpaired) electrons. The molecule has 0 aliphatic rings. The molecule has 3 aromatic rings. The van der Waals surface area contributed by atoms with Crippen LogP contribution in [0.5, 0.6) is 0 Å². The van der Waals surface area contributed by atoms with E-state index in [4.69, 9.17) is 0 Å². The van der Waals surface area contributed by atoms with Gasteiger partial charge in [-0.05, 0) is 29.8 Å². The molecule has 0 spiro atoms. The molecule has 0 amide bonds. The van der Waals surface area contributed by atoms with E-state index in [0.29, 0.717) is 0 Å². The summed E-state index contributed by atoms with van der Waals surface area (Å²) in [4.78, 5) is 0. The highest BCUT2D eigenvalue weighted by Crippen LogP contribution is 2.25. The van der Waals surface area contributed by atoms with Crippen molar-refractivity contribution in [2.24, 2.45) is 7.05 Å². The Morgan fingerprint density at radius 2 is 1.71 bits per heavy atom. The normalized spacial score (nSPS) is 10.8. The molecule has 0 unspecified atom stereocenters. The van der Waals surface area contributed by atoms with Crippen LogP contribution < -0.4 is 0 Å². The minimum atomic E-state index is -0.250. The molecule has 2 aromatic carbocycles. The van der Waals surface area contributed by atoms with Gasteiger partial charge in [0, 0.05) is 18.4 Å². The quantitative estimate of drug-likeness (QED) is 0.684. The van der Waals surface area contributed by atoms with Gasteiger partial charge in [-0.1, -0.05) is 42.1 Å². The summed E-state index contributed by atoms with van der Waals surface area (Å²) in [6.07, 6.45) is 0. The average Bonchev–Trinajstić information content (AvgIpc) is 2.88. The molecule has 0 saturated carbocycles. The fraction of sp³-hybridized carbons (Fsp3) is 0.125. The topological polar surface area (TPSA) is 30.7 Å². The Kier molecular flexibility index (Phi) is 4.01. The van der Waals surface area contributed by atoms with E-state index in [-0.39, 0.29) is 5.82 Å². The zero-order chi connectivity index (χ0) is 14.7. The lowest BCUT2D eigenvalue weighted by Gasteiger charge is -2.04. The van der Waals surface area contributed by atoms with Crippen molar-refractivity contribution >= 4 is 11.8 Å². The number of rotatable bonds is 4. The Labute approximate surface area is 126 Å². The van der Waals surface area contributed by atoms with Gasteiger partial charge in [-0.25, -0.2) is 4.39 Å². The van der Waals surface area contributed by atoms with Crippen LogP contribution in [0.25, 0.3) is 11.4 Å². The Morgan fingerprint density at radius 1 is 1.00 bits per heavy atom. The highest BCUT2D eigenvalue weighted by molar-refractivity contribution is 7.98. The summed E-state index contributed by atoms with van der Waals surface area (Å²) in [7, 11) is 1.92. The Morgan fingerprint density at radius 3 is 2.43 bits per heavy atom. The monoisotopic (exact) mass is 299 g/mol. The highest BCUT2D eigenvalue weighted by atomic mass is 32.2. The first kappa shape index (κ1) is 13.8. The van der Waals surface area contributed by atoms with Crippen LogP contribution in [0.3, 0.4) is 0 Å². The Bertz CT molecular complexity index is 723. The van der Waals surface area contributed by atoms with E-state index < -0.39 is 0 Å². The summed E-state index contributed by atoms with van der Waals surface area (Å²) < 4.78 is 14.9. The molecule has 5 heteroatoms. The molecule has 1 aromatic heterocycles. The summed E-state index contributed by atoms with van der Waals surface area (Å²) in [5.41, 5.74) is 2.10. The average molecular weight is 299 g/mol. The smallest absolute Gasteiger partial charge is 0.191 e. The van der Waals surface area contributed by atoms with E-state index in [1.54, 1.807) is 23.9 Å². The van der Waals surface area contributed by atoms with Gasteiger partial charge in [0.2, 0.25) is 0 Å². The van der Waals surface area contributed by atoms with Gasteiger partial charge in [-0.2, -0.15) is 0 Å². The highest BCUT2D eigenvalue weighted by Gasteiger charge is 2.11. The van der Waals surface area contributed by atoms with Crippen LogP contribution in [0.1, 0.15) is 5.56 Å². The molecule has 0 fully saturated rings. The molecule has 3 rings (SSSR count). The lowest BCUT2D eigenvalue weighted by molar-refractivity contribution is 0.628. The minimum Gasteiger partial charge on any atom is -0.305 e. The van der Waals surface area contributed by atoms with Crippen molar-refractivity contribution in [1.82, 2.24) is 14.8 Å². The van der Waals surface area contributed by atoms with Crippen LogP contribution in [-0.2, 0) is 12.8 Å². The number of aromatic nitrogens is 3. The fourth-order valence-electron chi connectivity index (χ4n) is 2.01. The number of nitrogens with zero attached hydrogens (tertiary/aromatic N) is 3. The second-order valence-electron chi connectivity index (χ2n) is 4.65. The molecule has 21 heavy (non-hydrogen) atoms. The van der Waals surface area contributed by atoms with Gasteiger partial charge >= 0.3 is 0 Å². The van der Waals surface area contributed by atoms with Gasteiger partial charge in [0.15, 0.2) is 11.0 Å². The van der Waals surface area contributed by atoms with Crippen LogP contribution in [0.15, 0.2) is 59.8 Å². The van der Waals surface area contributed by atoms with Crippen molar-refractivity contribution in [3.8, 4) is 11.4 Å². The van der Waals surface area contributed by atoms with Crippen molar-refractivity contribution in [3.05, 3.63) is 66.0 Å². The Balaban J connectivity index is 1.78. The van der Waals surface area contributed by atoms with Crippen molar-refractivity contribution in [2.45, 2.75) is 10.9 Å². The summed E-state index contributed by atoms with van der Waals surface area (Å²) in [6, 6.07) is 16.5. The van der Waals surface area contributed by atoms with Crippen molar-refractivity contribution in [2.75, 3.05) is 0 Å². The van der Waals surface area contributed by atoms with Gasteiger partial charge in [-0.3, -0.25) is 0 Å². The summed E-state index contributed by atoms with van der Waals surface area (Å²) in [6.45, 7) is 0. The molecule has 0 aliphatic carbocycles. The van der Waals surface area contributed by atoms with E-state index in [2.05, 4.69) is 22.3 Å². The zero-order valence-electron chi connectivity index (χ0n) is 11.5. The molecular formula is C16H14FN3S. The summed E-state index contributed by atoms with van der Waals surface area (Å²) >= 11 is 1.63. The van der Waals surface area contributed by atoms with Gasteiger partial charge < -0.3 is 4.57 Å². The maximum Gasteiger partial charge on any atom is 0.191 e. The lowest BCUT2D eigenvalue weighted by atomic mass is 10.2. The zero-order valence-corrected chi connectivity index (χ0v) is 12.3. The van der Waals surface area contributed by atoms with Gasteiger partial charge in [0.05, 0.1) is 0 Å². The fourth-order valence-corrected chi connectivity index (χ4v) is 2.88. The van der Waals surface area contributed by atoms with Crippen LogP contribution in [0.4, 0.5) is 4.39 Å². The molecule has 3 nitrogen and oxygen atoms in total. The molecule has 0 bridgehead atoms. The number of hydrogen-bond donors (Lipinski definition) is 0. The predicted octanol–water partition coefficient (Wildman–Crippen LogP) is 3.91. The maximum absolute atomic E-state index is 13.0. The molecule has 0 N–H and O–H groups in total. The van der Waals surface area contributed by atoms with Crippen molar-refractivity contribution in [1.29, 1.82) is 0 Å². The van der Waals surface area contributed by atoms with Gasteiger partial charge in [0.25, 0.3) is 0 Å². The molecular weight excluding hydrogens is 285 g/mol. The number of halogens is 1. The van der Waals surface area contributed by atoms with Crippen LogP contribution in [-0.4, -0.2) is 14.8 Å². The first-order valence-corrected chi connectivity index (χ1v) is 7.54. The molecule has 106 valence electrons. The molecule has 0 atom stereocenters. The second kappa shape index (κ2) is 6.10. The summed E-state index contributed by atoms with van der Waals surface area (Å²) in [5.74, 6) is 1.33. The van der Waals surface area contributed by atoms with Crippen LogP contribution in [0, 0.1) is 5.82 Å². The third-order valence-electron chi connectivity index (χ3n) is 3.15. The van der Waals surface area contributed by atoms with E-state index in [1.807, 2.05) is 29.8 Å². The van der Waals surface area contributed by atoms with Crippen LogP contribution in [0.2, 0.25) is 0 Å². The third-order valence-corrected chi connectivity index (χ3v) is 4.24. The van der Waals surface area contributed by atoms with E-state index in [0.717, 1.165) is 22.3 Å². The first-order valence-electron chi connectivity index (χ1n) is 6.56. The summed E-state index contributed by atoms with van der Waals surface area (Å²) in [5, 5.41) is 9.25. The molecule has 0 aliphatic heterocycles. The third kappa shape index (κ3) is 3.13. The number of thioether (sulfide) groups is 1. The SMILES string of the molecule is Cn1c(SCc2ccccc2)nnc1-c1ccc(F)cc1. The Hall–Kier alpha value is -2.14. The largest absolute Gasteiger partial charge is 0.305 e. The minimum absolute atomic E-state index is 0.250.